The van der Waals surface area contributed by atoms with E-state index in [1.165, 1.54) is 0 Å². The Morgan fingerprint density at radius 3 is 3.00 bits per heavy atom. The molecule has 3 atom stereocenters. The Hall–Kier alpha value is -0.630. The van der Waals surface area contributed by atoms with Crippen molar-refractivity contribution in [3.05, 3.63) is 12.2 Å². The number of aliphatic hydroxyl groups excluding tert-OH is 1. The van der Waals surface area contributed by atoms with Crippen LogP contribution in [0.15, 0.2) is 12.2 Å². The molecule has 0 aliphatic heterocycles. The van der Waals surface area contributed by atoms with Gasteiger partial charge in [0.15, 0.2) is 0 Å². The number of carbonyl (C=O) groups excluding carboxylic acids is 1. The van der Waals surface area contributed by atoms with Crippen molar-refractivity contribution in [3.63, 3.8) is 0 Å². The molecule has 0 bridgehead atoms. The molecule has 78 valence electrons. The average Bonchev–Trinajstić information content (AvgIpc) is 1.99. The van der Waals surface area contributed by atoms with Gasteiger partial charge in [0.1, 0.15) is 5.78 Å². The van der Waals surface area contributed by atoms with Gasteiger partial charge < -0.3 is 5.11 Å². The lowest BCUT2D eigenvalue weighted by Crippen LogP contribution is -2.42. The summed E-state index contributed by atoms with van der Waals surface area (Å²) >= 11 is 0. The lowest BCUT2D eigenvalue weighted by Gasteiger charge is -2.47. The maximum atomic E-state index is 11.4. The first-order chi connectivity index (χ1) is 6.51. The molecular weight excluding hydrogens is 176 g/mol. The molecule has 2 fully saturated rings. The van der Waals surface area contributed by atoms with E-state index in [0.717, 1.165) is 24.8 Å². The van der Waals surface area contributed by atoms with Crippen LogP contribution in [-0.4, -0.2) is 17.0 Å². The van der Waals surface area contributed by atoms with E-state index in [4.69, 9.17) is 0 Å². The van der Waals surface area contributed by atoms with Gasteiger partial charge in [0.25, 0.3) is 0 Å². The first-order valence-corrected chi connectivity index (χ1v) is 5.39. The zero-order valence-corrected chi connectivity index (χ0v) is 8.75. The van der Waals surface area contributed by atoms with Crippen molar-refractivity contribution >= 4 is 5.78 Å². The van der Waals surface area contributed by atoms with Crippen LogP contribution in [0, 0.1) is 11.3 Å². The molecule has 2 saturated carbocycles. The standard InChI is InChI=1S/C12H18O2/c1-8-5-10(14)7-12(2)6-9(13)3-4-11(8)12/h10-11,14H,1,3-7H2,2H3/t10-,11+,12+/m1/s1. The lowest BCUT2D eigenvalue weighted by atomic mass is 9.58. The van der Waals surface area contributed by atoms with E-state index in [9.17, 15) is 9.90 Å². The molecule has 2 heteroatoms. The molecular formula is C12H18O2. The summed E-state index contributed by atoms with van der Waals surface area (Å²) < 4.78 is 0. The Kier molecular flexibility index (Phi) is 2.26. The molecule has 1 N–H and O–H groups in total. The summed E-state index contributed by atoms with van der Waals surface area (Å²) in [5, 5.41) is 9.70. The fourth-order valence-corrected chi connectivity index (χ4v) is 3.28. The summed E-state index contributed by atoms with van der Waals surface area (Å²) in [4.78, 5) is 11.4. The third-order valence-electron chi connectivity index (χ3n) is 3.85. The van der Waals surface area contributed by atoms with Gasteiger partial charge >= 0.3 is 0 Å². The summed E-state index contributed by atoms with van der Waals surface area (Å²) in [6.45, 7) is 6.18. The van der Waals surface area contributed by atoms with E-state index < -0.39 is 0 Å². The van der Waals surface area contributed by atoms with Crippen molar-refractivity contribution in [2.24, 2.45) is 11.3 Å². The molecule has 14 heavy (non-hydrogen) atoms. The minimum Gasteiger partial charge on any atom is -0.393 e. The van der Waals surface area contributed by atoms with E-state index in [2.05, 4.69) is 13.5 Å². The van der Waals surface area contributed by atoms with E-state index in [1.54, 1.807) is 0 Å². The fourth-order valence-electron chi connectivity index (χ4n) is 3.28. The zero-order valence-electron chi connectivity index (χ0n) is 8.75. The monoisotopic (exact) mass is 194 g/mol. The van der Waals surface area contributed by atoms with Crippen LogP contribution in [0.2, 0.25) is 0 Å². The van der Waals surface area contributed by atoms with Crippen molar-refractivity contribution in [1.82, 2.24) is 0 Å². The first-order valence-electron chi connectivity index (χ1n) is 5.39. The topological polar surface area (TPSA) is 37.3 Å². The fraction of sp³-hybridized carbons (Fsp3) is 0.750. The minimum atomic E-state index is -0.283. The highest BCUT2D eigenvalue weighted by atomic mass is 16.3. The molecule has 0 saturated heterocycles. The van der Waals surface area contributed by atoms with Gasteiger partial charge in [-0.2, -0.15) is 0 Å². The zero-order chi connectivity index (χ0) is 10.3. The normalized spacial score (nSPS) is 43.6. The molecule has 0 aromatic rings. The van der Waals surface area contributed by atoms with Gasteiger partial charge in [0, 0.05) is 12.8 Å². The molecule has 0 amide bonds. The molecule has 2 aliphatic rings. The van der Waals surface area contributed by atoms with Gasteiger partial charge in [-0.1, -0.05) is 19.1 Å². The SMILES string of the molecule is C=C1C[C@@H](O)C[C@]2(C)CC(=O)CC[C@@H]12. The van der Waals surface area contributed by atoms with Crippen molar-refractivity contribution in [1.29, 1.82) is 0 Å². The highest BCUT2D eigenvalue weighted by molar-refractivity contribution is 5.80. The number of hydrogen-bond acceptors (Lipinski definition) is 2. The first kappa shape index (κ1) is 9.91. The third kappa shape index (κ3) is 1.52. The number of carbonyl (C=O) groups is 1. The van der Waals surface area contributed by atoms with Crippen LogP contribution < -0.4 is 0 Å². The van der Waals surface area contributed by atoms with Crippen LogP contribution in [0.4, 0.5) is 0 Å². The summed E-state index contributed by atoms with van der Waals surface area (Å²) in [5.74, 6) is 0.814. The molecule has 2 rings (SSSR count). The number of rotatable bonds is 0. The van der Waals surface area contributed by atoms with Crippen LogP contribution in [0.3, 0.4) is 0 Å². The Morgan fingerprint density at radius 2 is 2.29 bits per heavy atom. The molecule has 0 spiro atoms. The predicted molar refractivity (Wildman–Crippen MR) is 54.8 cm³/mol. The summed E-state index contributed by atoms with van der Waals surface area (Å²) in [5.41, 5.74) is 1.14. The second-order valence-electron chi connectivity index (χ2n) is 5.18. The maximum absolute atomic E-state index is 11.4. The number of fused-ring (bicyclic) bond motifs is 1. The van der Waals surface area contributed by atoms with Gasteiger partial charge in [-0.25, -0.2) is 0 Å². The smallest absolute Gasteiger partial charge is 0.133 e. The molecule has 0 heterocycles. The minimum absolute atomic E-state index is 0.00984. The van der Waals surface area contributed by atoms with Crippen LogP contribution in [0.1, 0.15) is 39.0 Å². The van der Waals surface area contributed by atoms with E-state index in [1.807, 2.05) is 0 Å². The molecule has 0 aromatic carbocycles. The van der Waals surface area contributed by atoms with Crippen molar-refractivity contribution < 1.29 is 9.90 Å². The quantitative estimate of drug-likeness (QED) is 0.599. The van der Waals surface area contributed by atoms with E-state index in [0.29, 0.717) is 24.5 Å². The Balaban J connectivity index is 2.24. The number of hydrogen-bond donors (Lipinski definition) is 1. The summed E-state index contributed by atoms with van der Waals surface area (Å²) in [6, 6.07) is 0. The molecule has 0 radical (unpaired) electrons. The van der Waals surface area contributed by atoms with Gasteiger partial charge in [0.2, 0.25) is 0 Å². The van der Waals surface area contributed by atoms with Crippen LogP contribution in [0.25, 0.3) is 0 Å². The third-order valence-corrected chi connectivity index (χ3v) is 3.85. The molecule has 0 unspecified atom stereocenters. The van der Waals surface area contributed by atoms with Gasteiger partial charge in [-0.3, -0.25) is 4.79 Å². The van der Waals surface area contributed by atoms with E-state index >= 15 is 0 Å². The van der Waals surface area contributed by atoms with Crippen molar-refractivity contribution in [2.75, 3.05) is 0 Å². The van der Waals surface area contributed by atoms with Gasteiger partial charge in [-0.05, 0) is 30.6 Å². The molecule has 2 nitrogen and oxygen atoms in total. The number of ketones is 1. The van der Waals surface area contributed by atoms with Crippen molar-refractivity contribution in [2.45, 2.75) is 45.1 Å². The maximum Gasteiger partial charge on any atom is 0.133 e. The summed E-state index contributed by atoms with van der Waals surface area (Å²) in [6.07, 6.45) is 3.50. The Labute approximate surface area is 85.0 Å². The van der Waals surface area contributed by atoms with E-state index in [-0.39, 0.29) is 11.5 Å². The second-order valence-corrected chi connectivity index (χ2v) is 5.18. The highest BCUT2D eigenvalue weighted by Gasteiger charge is 2.45. The van der Waals surface area contributed by atoms with Crippen LogP contribution in [0.5, 0.6) is 0 Å². The Bertz CT molecular complexity index is 282. The average molecular weight is 194 g/mol. The molecule has 2 aliphatic carbocycles. The number of Topliss-reactive ketones (excluding diaryl/α,β-unsaturated/α-hetero) is 1. The van der Waals surface area contributed by atoms with Crippen molar-refractivity contribution in [3.8, 4) is 0 Å². The largest absolute Gasteiger partial charge is 0.393 e. The lowest BCUT2D eigenvalue weighted by molar-refractivity contribution is -0.126. The van der Waals surface area contributed by atoms with Crippen LogP contribution in [-0.2, 0) is 4.79 Å². The van der Waals surface area contributed by atoms with Gasteiger partial charge in [-0.15, -0.1) is 0 Å². The van der Waals surface area contributed by atoms with Crippen LogP contribution >= 0.6 is 0 Å². The second kappa shape index (κ2) is 3.20. The van der Waals surface area contributed by atoms with Gasteiger partial charge in [0.05, 0.1) is 6.10 Å². The summed E-state index contributed by atoms with van der Waals surface area (Å²) in [7, 11) is 0. The molecule has 0 aromatic heterocycles. The number of aliphatic hydroxyl groups is 1. The predicted octanol–water partition coefficient (Wildman–Crippen LogP) is 2.07. The highest BCUT2D eigenvalue weighted by Crippen LogP contribution is 2.50. The Morgan fingerprint density at radius 1 is 1.57 bits per heavy atom.